The fourth-order valence-electron chi connectivity index (χ4n) is 3.30. The number of rotatable bonds is 2. The van der Waals surface area contributed by atoms with Crippen LogP contribution in [-0.4, -0.2) is 25.3 Å². The Bertz CT molecular complexity index is 604. The van der Waals surface area contributed by atoms with E-state index in [4.69, 9.17) is 0 Å². The number of sulfonamides is 1. The lowest BCUT2D eigenvalue weighted by atomic mass is 9.83. The van der Waals surface area contributed by atoms with Gasteiger partial charge in [0.1, 0.15) is 0 Å². The molecule has 0 N–H and O–H groups in total. The van der Waals surface area contributed by atoms with Crippen LogP contribution in [0.25, 0.3) is 0 Å². The van der Waals surface area contributed by atoms with Crippen molar-refractivity contribution in [1.82, 2.24) is 4.31 Å². The molecule has 0 aromatic heterocycles. The maximum atomic E-state index is 12.8. The number of fused-ring (bicyclic) bond motifs is 1. The molecule has 0 bridgehead atoms. The van der Waals surface area contributed by atoms with Gasteiger partial charge in [-0.3, -0.25) is 0 Å². The van der Waals surface area contributed by atoms with Crippen LogP contribution in [0.2, 0.25) is 0 Å². The van der Waals surface area contributed by atoms with E-state index < -0.39 is 10.0 Å². The van der Waals surface area contributed by atoms with Gasteiger partial charge in [0.15, 0.2) is 0 Å². The van der Waals surface area contributed by atoms with Crippen LogP contribution in [0.1, 0.15) is 31.2 Å². The molecule has 1 fully saturated rings. The second kappa shape index (κ2) is 5.34. The first-order valence-electron chi connectivity index (χ1n) is 7.34. The molecule has 1 aromatic rings. The number of hydrogen-bond donors (Lipinski definition) is 0. The Labute approximate surface area is 121 Å². The highest BCUT2D eigenvalue weighted by Crippen LogP contribution is 2.35. The number of benzene rings is 1. The third kappa shape index (κ3) is 2.42. The molecule has 1 heterocycles. The van der Waals surface area contributed by atoms with E-state index in [-0.39, 0.29) is 6.04 Å². The Kier molecular flexibility index (Phi) is 3.69. The van der Waals surface area contributed by atoms with E-state index in [9.17, 15) is 8.42 Å². The van der Waals surface area contributed by atoms with E-state index in [0.29, 0.717) is 17.4 Å². The highest BCUT2D eigenvalue weighted by molar-refractivity contribution is 7.89. The zero-order chi connectivity index (χ0) is 14.2. The van der Waals surface area contributed by atoms with Crippen molar-refractivity contribution >= 4 is 10.0 Å². The van der Waals surface area contributed by atoms with Gasteiger partial charge in [-0.1, -0.05) is 29.8 Å². The molecule has 4 heteroatoms. The minimum absolute atomic E-state index is 0.0591. The lowest BCUT2D eigenvalue weighted by molar-refractivity contribution is 0.195. The van der Waals surface area contributed by atoms with Gasteiger partial charge < -0.3 is 0 Å². The van der Waals surface area contributed by atoms with Crippen molar-refractivity contribution in [2.45, 2.75) is 43.5 Å². The van der Waals surface area contributed by atoms with Crippen molar-refractivity contribution in [2.24, 2.45) is 5.92 Å². The number of nitrogens with zero attached hydrogens (tertiary/aromatic N) is 1. The smallest absolute Gasteiger partial charge is 0.207 e. The molecule has 0 unspecified atom stereocenters. The predicted octanol–water partition coefficient (Wildman–Crippen LogP) is 3.11. The fourth-order valence-corrected chi connectivity index (χ4v) is 4.99. The van der Waals surface area contributed by atoms with Gasteiger partial charge in [0.2, 0.25) is 10.0 Å². The highest BCUT2D eigenvalue weighted by atomic mass is 32.2. The second-order valence-corrected chi connectivity index (χ2v) is 7.72. The van der Waals surface area contributed by atoms with Crippen LogP contribution in [0.15, 0.2) is 41.3 Å². The van der Waals surface area contributed by atoms with Crippen molar-refractivity contribution < 1.29 is 8.42 Å². The molecule has 0 radical (unpaired) electrons. The first-order chi connectivity index (χ1) is 9.59. The second-order valence-electron chi connectivity index (χ2n) is 5.83. The molecule has 2 atom stereocenters. The van der Waals surface area contributed by atoms with Crippen LogP contribution in [0, 0.1) is 12.8 Å². The summed E-state index contributed by atoms with van der Waals surface area (Å²) in [5, 5.41) is 0. The Morgan fingerprint density at radius 1 is 1.15 bits per heavy atom. The normalized spacial score (nSPS) is 27.2. The fraction of sp³-hybridized carbons (Fsp3) is 0.500. The molecule has 1 aromatic carbocycles. The van der Waals surface area contributed by atoms with Crippen molar-refractivity contribution in [1.29, 1.82) is 0 Å². The van der Waals surface area contributed by atoms with Gasteiger partial charge >= 0.3 is 0 Å². The van der Waals surface area contributed by atoms with E-state index in [1.807, 2.05) is 19.1 Å². The SMILES string of the molecule is Cc1ccc(S(=O)(=O)N2CCC[C@H]3CCC=C[C@H]32)cc1. The van der Waals surface area contributed by atoms with Crippen molar-refractivity contribution in [3.05, 3.63) is 42.0 Å². The standard InChI is InChI=1S/C16H21NO2S/c1-13-8-10-15(11-9-13)20(18,19)17-12-4-6-14-5-2-3-7-16(14)17/h3,7-11,14,16H,2,4-6,12H2,1H3/t14-,16-/m1/s1. The van der Waals surface area contributed by atoms with E-state index in [2.05, 4.69) is 12.2 Å². The van der Waals surface area contributed by atoms with Crippen molar-refractivity contribution in [3.8, 4) is 0 Å². The van der Waals surface area contributed by atoms with Crippen molar-refractivity contribution in [3.63, 3.8) is 0 Å². The van der Waals surface area contributed by atoms with E-state index in [1.54, 1.807) is 16.4 Å². The maximum absolute atomic E-state index is 12.8. The molecular formula is C16H21NO2S. The summed E-state index contributed by atoms with van der Waals surface area (Å²) in [5.41, 5.74) is 1.08. The van der Waals surface area contributed by atoms with Crippen molar-refractivity contribution in [2.75, 3.05) is 6.54 Å². The van der Waals surface area contributed by atoms with Crippen LogP contribution < -0.4 is 0 Å². The zero-order valence-corrected chi connectivity index (χ0v) is 12.6. The number of piperidine rings is 1. The number of aryl methyl sites for hydroxylation is 1. The van der Waals surface area contributed by atoms with Crippen LogP contribution in [0.3, 0.4) is 0 Å². The molecule has 2 aliphatic rings. The summed E-state index contributed by atoms with van der Waals surface area (Å²) in [4.78, 5) is 0.419. The van der Waals surface area contributed by atoms with Crippen LogP contribution in [0.5, 0.6) is 0 Å². The summed E-state index contributed by atoms with van der Waals surface area (Å²) in [6.45, 7) is 2.61. The summed E-state index contributed by atoms with van der Waals surface area (Å²) in [7, 11) is -3.37. The Balaban J connectivity index is 1.95. The van der Waals surface area contributed by atoms with Gasteiger partial charge in [-0.05, 0) is 50.7 Å². The summed E-state index contributed by atoms with van der Waals surface area (Å²) in [5.74, 6) is 0.494. The van der Waals surface area contributed by atoms with Crippen LogP contribution in [0.4, 0.5) is 0 Å². The summed E-state index contributed by atoms with van der Waals surface area (Å²) < 4.78 is 27.4. The highest BCUT2D eigenvalue weighted by Gasteiger charge is 2.38. The lowest BCUT2D eigenvalue weighted by Crippen LogP contribution is -2.48. The van der Waals surface area contributed by atoms with Gasteiger partial charge in [-0.25, -0.2) is 8.42 Å². The van der Waals surface area contributed by atoms with Crippen LogP contribution in [-0.2, 0) is 10.0 Å². The van der Waals surface area contributed by atoms with Gasteiger partial charge in [-0.2, -0.15) is 4.31 Å². The van der Waals surface area contributed by atoms with Gasteiger partial charge in [-0.15, -0.1) is 0 Å². The zero-order valence-electron chi connectivity index (χ0n) is 11.8. The average Bonchev–Trinajstić information content (AvgIpc) is 2.47. The minimum Gasteiger partial charge on any atom is -0.207 e. The minimum atomic E-state index is -3.37. The third-order valence-corrected chi connectivity index (χ3v) is 6.35. The number of hydrogen-bond acceptors (Lipinski definition) is 2. The molecule has 0 spiro atoms. The molecule has 0 saturated carbocycles. The van der Waals surface area contributed by atoms with E-state index in [0.717, 1.165) is 31.2 Å². The monoisotopic (exact) mass is 291 g/mol. The first kappa shape index (κ1) is 13.8. The van der Waals surface area contributed by atoms with Crippen LogP contribution >= 0.6 is 0 Å². The van der Waals surface area contributed by atoms with E-state index >= 15 is 0 Å². The van der Waals surface area contributed by atoms with E-state index in [1.165, 1.54) is 0 Å². The number of allylic oxidation sites excluding steroid dienone is 1. The first-order valence-corrected chi connectivity index (χ1v) is 8.78. The molecule has 20 heavy (non-hydrogen) atoms. The molecule has 0 amide bonds. The quantitative estimate of drug-likeness (QED) is 0.785. The third-order valence-electron chi connectivity index (χ3n) is 4.43. The summed E-state index contributed by atoms with van der Waals surface area (Å²) >= 11 is 0. The van der Waals surface area contributed by atoms with Gasteiger partial charge in [0, 0.05) is 12.6 Å². The molecule has 1 aliphatic heterocycles. The molecule has 1 saturated heterocycles. The predicted molar refractivity (Wildman–Crippen MR) is 80.0 cm³/mol. The molecular weight excluding hydrogens is 270 g/mol. The Morgan fingerprint density at radius 3 is 2.65 bits per heavy atom. The Morgan fingerprint density at radius 2 is 1.90 bits per heavy atom. The Hall–Kier alpha value is -1.13. The summed E-state index contributed by atoms with van der Waals surface area (Å²) in [6.07, 6.45) is 8.54. The molecule has 1 aliphatic carbocycles. The largest absolute Gasteiger partial charge is 0.243 e. The van der Waals surface area contributed by atoms with Gasteiger partial charge in [0.25, 0.3) is 0 Å². The maximum Gasteiger partial charge on any atom is 0.243 e. The average molecular weight is 291 g/mol. The summed E-state index contributed by atoms with van der Waals surface area (Å²) in [6, 6.07) is 7.24. The molecule has 3 nitrogen and oxygen atoms in total. The lowest BCUT2D eigenvalue weighted by Gasteiger charge is -2.40. The molecule has 108 valence electrons. The molecule has 3 rings (SSSR count). The topological polar surface area (TPSA) is 37.4 Å². The van der Waals surface area contributed by atoms with Gasteiger partial charge in [0.05, 0.1) is 4.90 Å².